The van der Waals surface area contributed by atoms with Crippen molar-refractivity contribution in [2.45, 2.75) is 17.3 Å². The molecule has 3 aromatic rings. The summed E-state index contributed by atoms with van der Waals surface area (Å²) in [5.41, 5.74) is 1.000. The minimum Gasteiger partial charge on any atom is -0.324 e. The number of hydrogen-bond donors (Lipinski definition) is 1. The van der Waals surface area contributed by atoms with Gasteiger partial charge in [0.05, 0.1) is 32.6 Å². The summed E-state index contributed by atoms with van der Waals surface area (Å²) < 4.78 is 1.88. The van der Waals surface area contributed by atoms with Gasteiger partial charge in [0, 0.05) is 18.3 Å². The highest BCUT2D eigenvalue weighted by Gasteiger charge is 2.19. The zero-order valence-electron chi connectivity index (χ0n) is 13.0. The van der Waals surface area contributed by atoms with Crippen molar-refractivity contribution in [3.05, 3.63) is 63.9 Å². The van der Waals surface area contributed by atoms with E-state index < -0.39 is 10.2 Å². The molecule has 128 valence electrons. The van der Waals surface area contributed by atoms with Crippen LogP contribution < -0.4 is 5.32 Å². The molecule has 1 N–H and O–H groups in total. The van der Waals surface area contributed by atoms with Crippen molar-refractivity contribution >= 4 is 46.2 Å². The third-order valence-corrected chi connectivity index (χ3v) is 4.88. The van der Waals surface area contributed by atoms with Crippen molar-refractivity contribution in [1.82, 2.24) is 9.38 Å². The van der Waals surface area contributed by atoms with Gasteiger partial charge in [0.1, 0.15) is 0 Å². The lowest BCUT2D eigenvalue weighted by molar-refractivity contribution is -0.384. The van der Waals surface area contributed by atoms with Gasteiger partial charge in [-0.1, -0.05) is 29.4 Å². The van der Waals surface area contributed by atoms with Crippen molar-refractivity contribution in [3.8, 4) is 0 Å². The van der Waals surface area contributed by atoms with E-state index in [-0.39, 0.29) is 22.3 Å². The highest BCUT2D eigenvalue weighted by atomic mass is 35.5. The van der Waals surface area contributed by atoms with Gasteiger partial charge in [0.2, 0.25) is 5.91 Å². The number of anilines is 1. The molecule has 7 nitrogen and oxygen atoms in total. The molecule has 0 spiro atoms. The summed E-state index contributed by atoms with van der Waals surface area (Å²) in [6.45, 7) is 1.73. The number of carbonyl (C=O) groups excluding carboxylic acids is 1. The maximum Gasteiger partial charge on any atom is 0.271 e. The fraction of sp³-hybridized carbons (Fsp3) is 0.125. The predicted octanol–water partition coefficient (Wildman–Crippen LogP) is 4.02. The SMILES string of the molecule is C[C@H](Sc1ncc2ccccn12)C(=O)Nc1cc([N+](=O)[O-])ccc1Cl. The van der Waals surface area contributed by atoms with E-state index >= 15 is 0 Å². The maximum absolute atomic E-state index is 12.4. The number of thioether (sulfide) groups is 1. The van der Waals surface area contributed by atoms with Crippen LogP contribution in [0, 0.1) is 10.1 Å². The van der Waals surface area contributed by atoms with Crippen LogP contribution in [0.5, 0.6) is 0 Å². The number of benzene rings is 1. The molecule has 2 heterocycles. The molecule has 0 bridgehead atoms. The van der Waals surface area contributed by atoms with Gasteiger partial charge in [-0.15, -0.1) is 0 Å². The molecule has 1 atom stereocenters. The minimum atomic E-state index is -0.541. The Morgan fingerprint density at radius 2 is 2.20 bits per heavy atom. The van der Waals surface area contributed by atoms with E-state index in [0.717, 1.165) is 5.52 Å². The summed E-state index contributed by atoms with van der Waals surface area (Å²) in [4.78, 5) is 27.0. The summed E-state index contributed by atoms with van der Waals surface area (Å²) >= 11 is 7.30. The van der Waals surface area contributed by atoms with Gasteiger partial charge < -0.3 is 5.32 Å². The summed E-state index contributed by atoms with van der Waals surface area (Å²) in [7, 11) is 0. The highest BCUT2D eigenvalue weighted by Crippen LogP contribution is 2.29. The highest BCUT2D eigenvalue weighted by molar-refractivity contribution is 8.00. The number of rotatable bonds is 5. The minimum absolute atomic E-state index is 0.140. The summed E-state index contributed by atoms with van der Waals surface area (Å²) in [5.74, 6) is -0.319. The second kappa shape index (κ2) is 7.12. The Balaban J connectivity index is 1.75. The van der Waals surface area contributed by atoms with Crippen LogP contribution in [0.2, 0.25) is 5.02 Å². The van der Waals surface area contributed by atoms with Crippen LogP contribution in [-0.2, 0) is 4.79 Å². The lowest BCUT2D eigenvalue weighted by Gasteiger charge is -2.12. The van der Waals surface area contributed by atoms with Crippen LogP contribution >= 0.6 is 23.4 Å². The standard InChI is InChI=1S/C16H13ClN4O3S/c1-10(25-16-18-9-12-4-2-3-7-20(12)16)15(22)19-14-8-11(21(23)24)5-6-13(14)17/h2-10H,1H3,(H,19,22)/t10-/m0/s1. The van der Waals surface area contributed by atoms with E-state index in [1.54, 1.807) is 13.1 Å². The maximum atomic E-state index is 12.4. The number of nitro benzene ring substituents is 1. The van der Waals surface area contributed by atoms with E-state index in [9.17, 15) is 14.9 Å². The molecular formula is C16H13ClN4O3S. The largest absolute Gasteiger partial charge is 0.324 e. The first kappa shape index (κ1) is 17.2. The van der Waals surface area contributed by atoms with Crippen LogP contribution in [-0.4, -0.2) is 25.5 Å². The number of nitrogens with one attached hydrogen (secondary N) is 1. The third kappa shape index (κ3) is 3.75. The van der Waals surface area contributed by atoms with Crippen molar-refractivity contribution in [2.24, 2.45) is 0 Å². The molecule has 0 aliphatic rings. The fourth-order valence-corrected chi connectivity index (χ4v) is 3.22. The Bertz CT molecular complexity index is 959. The molecule has 0 saturated heterocycles. The Hall–Kier alpha value is -2.58. The average molecular weight is 377 g/mol. The van der Waals surface area contributed by atoms with Gasteiger partial charge in [-0.3, -0.25) is 19.3 Å². The van der Waals surface area contributed by atoms with Crippen LogP contribution in [0.3, 0.4) is 0 Å². The number of amides is 1. The monoisotopic (exact) mass is 376 g/mol. The zero-order valence-corrected chi connectivity index (χ0v) is 14.6. The molecule has 0 aliphatic heterocycles. The molecular weight excluding hydrogens is 364 g/mol. The smallest absolute Gasteiger partial charge is 0.271 e. The van der Waals surface area contributed by atoms with Crippen molar-refractivity contribution in [2.75, 3.05) is 5.32 Å². The van der Waals surface area contributed by atoms with E-state index in [1.165, 1.54) is 30.0 Å². The molecule has 0 saturated carbocycles. The molecule has 2 aromatic heterocycles. The number of nitro groups is 1. The number of non-ortho nitro benzene ring substituents is 1. The number of imidazole rings is 1. The first-order valence-electron chi connectivity index (χ1n) is 7.29. The molecule has 0 radical (unpaired) electrons. The summed E-state index contributed by atoms with van der Waals surface area (Å²) in [6, 6.07) is 9.62. The number of carbonyl (C=O) groups is 1. The predicted molar refractivity (Wildman–Crippen MR) is 97.2 cm³/mol. The van der Waals surface area contributed by atoms with Crippen molar-refractivity contribution in [3.63, 3.8) is 0 Å². The topological polar surface area (TPSA) is 89.5 Å². The van der Waals surface area contributed by atoms with Gasteiger partial charge in [-0.25, -0.2) is 4.98 Å². The number of pyridine rings is 1. The first-order valence-corrected chi connectivity index (χ1v) is 8.55. The van der Waals surface area contributed by atoms with Crippen LogP contribution in [0.15, 0.2) is 53.9 Å². The Morgan fingerprint density at radius 3 is 2.96 bits per heavy atom. The lowest BCUT2D eigenvalue weighted by Crippen LogP contribution is -2.23. The number of hydrogen-bond acceptors (Lipinski definition) is 5. The molecule has 25 heavy (non-hydrogen) atoms. The molecule has 9 heteroatoms. The van der Waals surface area contributed by atoms with E-state index in [4.69, 9.17) is 11.6 Å². The van der Waals surface area contributed by atoms with E-state index in [0.29, 0.717) is 5.16 Å². The Morgan fingerprint density at radius 1 is 1.40 bits per heavy atom. The third-order valence-electron chi connectivity index (χ3n) is 3.47. The van der Waals surface area contributed by atoms with Gasteiger partial charge in [0.15, 0.2) is 5.16 Å². The van der Waals surface area contributed by atoms with Crippen molar-refractivity contribution in [1.29, 1.82) is 0 Å². The number of halogens is 1. The van der Waals surface area contributed by atoms with Crippen LogP contribution in [0.1, 0.15) is 6.92 Å². The average Bonchev–Trinajstić information content (AvgIpc) is 2.99. The quantitative estimate of drug-likeness (QED) is 0.412. The van der Waals surface area contributed by atoms with Gasteiger partial charge in [-0.2, -0.15) is 0 Å². The molecule has 3 rings (SSSR count). The Kier molecular flexibility index (Phi) is 4.91. The van der Waals surface area contributed by atoms with Crippen LogP contribution in [0.25, 0.3) is 5.52 Å². The second-order valence-corrected chi connectivity index (χ2v) is 6.92. The second-order valence-electron chi connectivity index (χ2n) is 5.21. The van der Waals surface area contributed by atoms with Gasteiger partial charge in [0.25, 0.3) is 5.69 Å². The number of aromatic nitrogens is 2. The lowest BCUT2D eigenvalue weighted by atomic mass is 10.2. The van der Waals surface area contributed by atoms with Crippen molar-refractivity contribution < 1.29 is 9.72 Å². The van der Waals surface area contributed by atoms with E-state index in [2.05, 4.69) is 10.3 Å². The zero-order chi connectivity index (χ0) is 18.0. The van der Waals surface area contributed by atoms with E-state index in [1.807, 2.05) is 28.8 Å². The summed E-state index contributed by atoms with van der Waals surface area (Å²) in [5, 5.41) is 13.9. The van der Waals surface area contributed by atoms with Gasteiger partial charge >= 0.3 is 0 Å². The first-order chi connectivity index (χ1) is 12.0. The molecule has 1 aromatic carbocycles. The normalized spacial score (nSPS) is 12.1. The number of fused-ring (bicyclic) bond motifs is 1. The van der Waals surface area contributed by atoms with Gasteiger partial charge in [-0.05, 0) is 25.1 Å². The Labute approximate surface area is 152 Å². The molecule has 0 fully saturated rings. The number of nitrogens with zero attached hydrogens (tertiary/aromatic N) is 3. The molecule has 0 aliphatic carbocycles. The molecule has 0 unspecified atom stereocenters. The fourth-order valence-electron chi connectivity index (χ4n) is 2.18. The molecule has 1 amide bonds. The summed E-state index contributed by atoms with van der Waals surface area (Å²) in [6.07, 6.45) is 3.59. The van der Waals surface area contributed by atoms with Crippen LogP contribution in [0.4, 0.5) is 11.4 Å².